The van der Waals surface area contributed by atoms with E-state index in [1.54, 1.807) is 0 Å². The highest BCUT2D eigenvalue weighted by Gasteiger charge is 2.14. The molecule has 0 aliphatic carbocycles. The first-order chi connectivity index (χ1) is 9.15. The number of hydrogen-bond donors (Lipinski definition) is 2. The van der Waals surface area contributed by atoms with Crippen molar-refractivity contribution in [2.45, 2.75) is 17.7 Å². The topological polar surface area (TPSA) is 106 Å². The number of primary sulfonamides is 1. The highest BCUT2D eigenvalue weighted by Crippen LogP contribution is 2.26. The first-order valence-corrected chi connectivity index (χ1v) is 10.1. The summed E-state index contributed by atoms with van der Waals surface area (Å²) >= 11 is 8.59. The smallest absolute Gasteiger partial charge is 0.238 e. The molecule has 0 fully saturated rings. The Kier molecular flexibility index (Phi) is 6.26. The van der Waals surface area contributed by atoms with Crippen molar-refractivity contribution in [3.8, 4) is 0 Å². The molecule has 10 heteroatoms. The number of alkyl halides is 1. The minimum Gasteiger partial charge on any atom is -0.282 e. The third-order valence-electron chi connectivity index (χ3n) is 2.33. The summed E-state index contributed by atoms with van der Waals surface area (Å²) in [6.07, 6.45) is 1.06. The molecule has 3 N–H and O–H groups in total. The van der Waals surface area contributed by atoms with Gasteiger partial charge in [-0.05, 0) is 47.0 Å². The minimum absolute atomic E-state index is 0.0525. The van der Waals surface area contributed by atoms with Crippen LogP contribution in [0.5, 0.6) is 0 Å². The van der Waals surface area contributed by atoms with Gasteiger partial charge in [-0.1, -0.05) is 0 Å². The Balaban J connectivity index is 2.89. The maximum absolute atomic E-state index is 11.8. The number of hydrogen-bond acceptors (Lipinski definition) is 4. The summed E-state index contributed by atoms with van der Waals surface area (Å²) in [5.74, 6) is 0.353. The quantitative estimate of drug-likeness (QED) is 0.533. The molecule has 0 atom stereocenters. The van der Waals surface area contributed by atoms with Gasteiger partial charge in [-0.25, -0.2) is 22.0 Å². The van der Waals surface area contributed by atoms with Crippen LogP contribution in [0.25, 0.3) is 0 Å². The minimum atomic E-state index is -3.83. The van der Waals surface area contributed by atoms with Crippen LogP contribution in [0, 0.1) is 0 Å². The number of nitrogens with one attached hydrogen (secondary N) is 1. The third-order valence-corrected chi connectivity index (χ3v) is 5.52. The fourth-order valence-electron chi connectivity index (χ4n) is 1.36. The van der Waals surface area contributed by atoms with E-state index in [0.717, 1.165) is 0 Å². The molecule has 0 saturated carbocycles. The molecule has 114 valence electrons. The first kappa shape index (κ1) is 17.7. The van der Waals surface area contributed by atoms with Gasteiger partial charge in [-0.2, -0.15) is 0 Å². The third kappa shape index (κ3) is 5.57. The summed E-state index contributed by atoms with van der Waals surface area (Å²) in [6.45, 7) is 0. The molecule has 6 nitrogen and oxygen atoms in total. The van der Waals surface area contributed by atoms with E-state index >= 15 is 0 Å². The van der Waals surface area contributed by atoms with Crippen molar-refractivity contribution >= 4 is 53.3 Å². The van der Waals surface area contributed by atoms with Crippen LogP contribution < -0.4 is 9.86 Å². The van der Waals surface area contributed by atoms with E-state index in [9.17, 15) is 16.8 Å². The summed E-state index contributed by atoms with van der Waals surface area (Å²) in [4.78, 5) is -0.102. The SMILES string of the molecule is NS(=O)(=O)c1ccc(NS(=O)(=O)CCCCCl)c(Br)c1. The van der Waals surface area contributed by atoms with Crippen LogP contribution in [-0.4, -0.2) is 28.5 Å². The molecule has 1 rings (SSSR count). The number of sulfonamides is 2. The standard InChI is InChI=1S/C10H14BrClN2O4S2/c11-9-7-8(20(13,17)18)3-4-10(9)14-19(15,16)6-2-1-5-12/h3-4,7,14H,1-2,5-6H2,(H2,13,17,18). The van der Waals surface area contributed by atoms with Crippen LogP contribution in [0.2, 0.25) is 0 Å². The van der Waals surface area contributed by atoms with Crippen molar-refractivity contribution in [1.82, 2.24) is 0 Å². The summed E-state index contributed by atoms with van der Waals surface area (Å²) in [7, 11) is -7.32. The zero-order chi connectivity index (χ0) is 15.4. The molecular formula is C10H14BrClN2O4S2. The summed E-state index contributed by atoms with van der Waals surface area (Å²) in [6, 6.07) is 3.81. The van der Waals surface area contributed by atoms with Gasteiger partial charge in [0, 0.05) is 10.4 Å². The van der Waals surface area contributed by atoms with E-state index < -0.39 is 20.0 Å². The van der Waals surface area contributed by atoms with Crippen LogP contribution in [-0.2, 0) is 20.0 Å². The predicted molar refractivity (Wildman–Crippen MR) is 82.9 cm³/mol. The maximum atomic E-state index is 11.8. The summed E-state index contributed by atoms with van der Waals surface area (Å²) in [5.41, 5.74) is 0.253. The van der Waals surface area contributed by atoms with E-state index in [1.165, 1.54) is 18.2 Å². The van der Waals surface area contributed by atoms with Crippen molar-refractivity contribution in [2.24, 2.45) is 5.14 Å². The molecule has 1 aromatic carbocycles. The lowest BCUT2D eigenvalue weighted by atomic mass is 10.3. The van der Waals surface area contributed by atoms with Crippen LogP contribution in [0.3, 0.4) is 0 Å². The first-order valence-electron chi connectivity index (χ1n) is 5.54. The molecular weight excluding hydrogens is 392 g/mol. The zero-order valence-corrected chi connectivity index (χ0v) is 14.3. The van der Waals surface area contributed by atoms with Gasteiger partial charge >= 0.3 is 0 Å². The zero-order valence-electron chi connectivity index (χ0n) is 10.3. The molecule has 0 bridgehead atoms. The van der Waals surface area contributed by atoms with E-state index in [4.69, 9.17) is 16.7 Å². The van der Waals surface area contributed by atoms with Crippen molar-refractivity contribution in [3.05, 3.63) is 22.7 Å². The maximum Gasteiger partial charge on any atom is 0.238 e. The second-order valence-electron chi connectivity index (χ2n) is 4.00. The van der Waals surface area contributed by atoms with Gasteiger partial charge in [0.15, 0.2) is 0 Å². The summed E-state index contributed by atoms with van der Waals surface area (Å²) in [5, 5.41) is 4.98. The fraction of sp³-hybridized carbons (Fsp3) is 0.400. The van der Waals surface area contributed by atoms with Gasteiger partial charge in [0.25, 0.3) is 0 Å². The second-order valence-corrected chi connectivity index (χ2v) is 8.64. The molecule has 0 aliphatic rings. The lowest BCUT2D eigenvalue weighted by molar-refractivity contribution is 0.596. The van der Waals surface area contributed by atoms with Gasteiger partial charge in [-0.3, -0.25) is 4.72 Å². The van der Waals surface area contributed by atoms with E-state index in [-0.39, 0.29) is 16.3 Å². The van der Waals surface area contributed by atoms with E-state index in [1.807, 2.05) is 0 Å². The highest BCUT2D eigenvalue weighted by atomic mass is 79.9. The van der Waals surface area contributed by atoms with Crippen LogP contribution in [0.4, 0.5) is 5.69 Å². The lowest BCUT2D eigenvalue weighted by Crippen LogP contribution is -2.17. The van der Waals surface area contributed by atoms with Crippen molar-refractivity contribution in [1.29, 1.82) is 0 Å². The van der Waals surface area contributed by atoms with Gasteiger partial charge in [0.2, 0.25) is 20.0 Å². The van der Waals surface area contributed by atoms with Crippen LogP contribution in [0.15, 0.2) is 27.6 Å². The molecule has 0 saturated heterocycles. The molecule has 0 spiro atoms. The van der Waals surface area contributed by atoms with Gasteiger partial charge in [0.05, 0.1) is 16.3 Å². The number of halogens is 2. The second kappa shape index (κ2) is 7.08. The Bertz CT molecular complexity index is 676. The molecule has 0 radical (unpaired) electrons. The van der Waals surface area contributed by atoms with Crippen molar-refractivity contribution < 1.29 is 16.8 Å². The number of benzene rings is 1. The monoisotopic (exact) mass is 404 g/mol. The van der Waals surface area contributed by atoms with Crippen molar-refractivity contribution in [2.75, 3.05) is 16.4 Å². The van der Waals surface area contributed by atoms with Gasteiger partial charge < -0.3 is 0 Å². The highest BCUT2D eigenvalue weighted by molar-refractivity contribution is 9.10. The van der Waals surface area contributed by atoms with Gasteiger partial charge in [-0.15, -0.1) is 11.6 Å². The normalized spacial score (nSPS) is 12.3. The molecule has 20 heavy (non-hydrogen) atoms. The number of unbranched alkanes of at least 4 members (excludes halogenated alkanes) is 1. The average Bonchev–Trinajstić information content (AvgIpc) is 2.30. The largest absolute Gasteiger partial charge is 0.282 e. The Hall–Kier alpha value is -0.350. The molecule has 0 amide bonds. The van der Waals surface area contributed by atoms with Gasteiger partial charge in [0.1, 0.15) is 0 Å². The molecule has 1 aromatic rings. The van der Waals surface area contributed by atoms with E-state index in [0.29, 0.717) is 23.2 Å². The predicted octanol–water partition coefficient (Wildman–Crippen LogP) is 1.86. The summed E-state index contributed by atoms with van der Waals surface area (Å²) < 4.78 is 48.6. The molecule has 0 aromatic heterocycles. The number of anilines is 1. The Morgan fingerprint density at radius 2 is 1.85 bits per heavy atom. The Morgan fingerprint density at radius 3 is 2.35 bits per heavy atom. The van der Waals surface area contributed by atoms with Crippen molar-refractivity contribution in [3.63, 3.8) is 0 Å². The molecule has 0 aliphatic heterocycles. The van der Waals surface area contributed by atoms with Crippen LogP contribution in [0.1, 0.15) is 12.8 Å². The molecule has 0 heterocycles. The lowest BCUT2D eigenvalue weighted by Gasteiger charge is -2.10. The number of rotatable bonds is 7. The molecule has 0 unspecified atom stereocenters. The fourth-order valence-corrected chi connectivity index (χ4v) is 4.05. The van der Waals surface area contributed by atoms with Crippen LogP contribution >= 0.6 is 27.5 Å². The Labute approximate surface area is 131 Å². The van der Waals surface area contributed by atoms with E-state index in [2.05, 4.69) is 20.7 Å². The average molecular weight is 406 g/mol. The number of nitrogens with two attached hydrogens (primary N) is 1. The Morgan fingerprint density at radius 1 is 1.20 bits per heavy atom.